The monoisotopic (exact) mass is 247 g/mol. The summed E-state index contributed by atoms with van der Waals surface area (Å²) in [5.74, 6) is 5.76. The lowest BCUT2D eigenvalue weighted by Crippen LogP contribution is -2.30. The van der Waals surface area contributed by atoms with Crippen LogP contribution in [0.25, 0.3) is 0 Å². The third-order valence-corrected chi connectivity index (χ3v) is 2.80. The number of carbonyl (C=O) groups is 1. The van der Waals surface area contributed by atoms with Crippen molar-refractivity contribution >= 4 is 17.7 Å². The first-order valence-electron chi connectivity index (χ1n) is 4.50. The van der Waals surface area contributed by atoms with Crippen molar-refractivity contribution in [3.63, 3.8) is 0 Å². The van der Waals surface area contributed by atoms with E-state index in [1.54, 1.807) is 0 Å². The molecule has 0 saturated carbocycles. The number of nitrogen functional groups attached to an aromatic ring is 1. The van der Waals surface area contributed by atoms with Crippen molar-refractivity contribution in [2.45, 2.75) is 11.9 Å². The van der Waals surface area contributed by atoms with E-state index in [-0.39, 0.29) is 12.3 Å². The molecule has 0 saturated heterocycles. The predicted octanol–water partition coefficient (Wildman–Crippen LogP) is -1.14. The second-order valence-electron chi connectivity index (χ2n) is 3.00. The summed E-state index contributed by atoms with van der Waals surface area (Å²) in [6.07, 6.45) is -0.750. The van der Waals surface area contributed by atoms with Crippen molar-refractivity contribution in [3.05, 3.63) is 17.5 Å². The number of hydrazine groups is 1. The van der Waals surface area contributed by atoms with Crippen LogP contribution in [0.15, 0.2) is 10.6 Å². The number of nitrogens with zero attached hydrogens (tertiary/aromatic N) is 1. The zero-order valence-corrected chi connectivity index (χ0v) is 9.24. The van der Waals surface area contributed by atoms with Crippen molar-refractivity contribution in [1.82, 2.24) is 10.6 Å². The maximum atomic E-state index is 11.0. The Labute approximate surface area is 96.0 Å². The molecule has 0 bridgehead atoms. The summed E-state index contributed by atoms with van der Waals surface area (Å²) in [5.41, 5.74) is 2.05. The normalized spacial score (nSPS) is 12.4. The van der Waals surface area contributed by atoms with Crippen LogP contribution < -0.4 is 11.3 Å². The topological polar surface area (TPSA) is 122 Å². The molecule has 0 fully saturated rings. The van der Waals surface area contributed by atoms with E-state index < -0.39 is 12.0 Å². The van der Waals surface area contributed by atoms with Crippen LogP contribution in [0, 0.1) is 0 Å². The van der Waals surface area contributed by atoms with E-state index in [4.69, 9.17) is 20.6 Å². The fourth-order valence-electron chi connectivity index (χ4n) is 0.910. The number of carbonyl (C=O) groups excluding carboxylic acids is 1. The largest absolute Gasteiger partial charge is 0.394 e. The van der Waals surface area contributed by atoms with Gasteiger partial charge in [0, 0.05) is 11.8 Å². The molecule has 0 aliphatic carbocycles. The predicted molar refractivity (Wildman–Crippen MR) is 57.4 cm³/mol. The van der Waals surface area contributed by atoms with Crippen molar-refractivity contribution in [2.24, 2.45) is 5.84 Å². The van der Waals surface area contributed by atoms with Gasteiger partial charge in [-0.1, -0.05) is 5.16 Å². The molecule has 5 N–H and O–H groups in total. The van der Waals surface area contributed by atoms with Gasteiger partial charge in [-0.15, -0.1) is 0 Å². The smallest absolute Gasteiger partial charge is 0.287 e. The Hall–Kier alpha value is -1.09. The Kier molecular flexibility index (Phi) is 5.26. The molecule has 0 spiro atoms. The van der Waals surface area contributed by atoms with E-state index in [9.17, 15) is 4.79 Å². The Bertz CT molecular complexity index is 344. The third-order valence-electron chi connectivity index (χ3n) is 1.69. The number of aliphatic hydroxyl groups excluding tert-OH is 2. The SMILES string of the molecule is NNC(=O)c1cc(CSCC(O)CO)on1. The first-order chi connectivity index (χ1) is 7.67. The van der Waals surface area contributed by atoms with Crippen LogP contribution in [0.3, 0.4) is 0 Å². The van der Waals surface area contributed by atoms with Gasteiger partial charge in [0.05, 0.1) is 18.5 Å². The first kappa shape index (κ1) is 13.0. The van der Waals surface area contributed by atoms with Crippen LogP contribution in [0.1, 0.15) is 16.2 Å². The van der Waals surface area contributed by atoms with Crippen LogP contribution in [-0.2, 0) is 5.75 Å². The molecule has 1 aromatic heterocycles. The van der Waals surface area contributed by atoms with Gasteiger partial charge in [-0.05, 0) is 0 Å². The second kappa shape index (κ2) is 6.48. The standard InChI is InChI=1S/C8H13N3O4S/c9-10-8(14)7-1-6(15-11-7)4-16-3-5(13)2-12/h1,5,12-13H,2-4,9H2,(H,10,14). The third kappa shape index (κ3) is 3.81. The summed E-state index contributed by atoms with van der Waals surface area (Å²) in [6.45, 7) is -0.274. The van der Waals surface area contributed by atoms with E-state index in [2.05, 4.69) is 5.16 Å². The molecule has 7 nitrogen and oxygen atoms in total. The molecule has 1 aromatic rings. The maximum Gasteiger partial charge on any atom is 0.287 e. The van der Waals surface area contributed by atoms with Crippen LogP contribution in [0.2, 0.25) is 0 Å². The summed E-state index contributed by atoms with van der Waals surface area (Å²) in [7, 11) is 0. The van der Waals surface area contributed by atoms with E-state index in [1.165, 1.54) is 17.8 Å². The van der Waals surface area contributed by atoms with Crippen LogP contribution in [0.5, 0.6) is 0 Å². The van der Waals surface area contributed by atoms with Gasteiger partial charge in [0.1, 0.15) is 5.76 Å². The molecule has 1 unspecified atom stereocenters. The minimum atomic E-state index is -0.750. The number of aromatic nitrogens is 1. The lowest BCUT2D eigenvalue weighted by molar-refractivity contribution is 0.0944. The minimum absolute atomic E-state index is 0.112. The van der Waals surface area contributed by atoms with Gasteiger partial charge < -0.3 is 14.7 Å². The lowest BCUT2D eigenvalue weighted by atomic mass is 10.4. The molecule has 1 amide bonds. The Morgan fingerprint density at radius 2 is 2.50 bits per heavy atom. The lowest BCUT2D eigenvalue weighted by Gasteiger charge is -2.03. The van der Waals surface area contributed by atoms with E-state index in [1.807, 2.05) is 5.43 Å². The minimum Gasteiger partial charge on any atom is -0.394 e. The van der Waals surface area contributed by atoms with E-state index in [0.29, 0.717) is 17.3 Å². The molecule has 90 valence electrons. The first-order valence-corrected chi connectivity index (χ1v) is 5.66. The summed E-state index contributed by atoms with van der Waals surface area (Å²) in [4.78, 5) is 11.0. The number of amides is 1. The van der Waals surface area contributed by atoms with Gasteiger partial charge in [0.2, 0.25) is 0 Å². The molecule has 16 heavy (non-hydrogen) atoms. The average Bonchev–Trinajstić information content (AvgIpc) is 2.76. The molecule has 8 heteroatoms. The van der Waals surface area contributed by atoms with Gasteiger partial charge in [-0.2, -0.15) is 11.8 Å². The molecular formula is C8H13N3O4S. The van der Waals surface area contributed by atoms with Gasteiger partial charge in [0.25, 0.3) is 5.91 Å². The van der Waals surface area contributed by atoms with Crippen molar-refractivity contribution < 1.29 is 19.5 Å². The highest BCUT2D eigenvalue weighted by Crippen LogP contribution is 2.14. The summed E-state index contributed by atoms with van der Waals surface area (Å²) < 4.78 is 4.87. The highest BCUT2D eigenvalue weighted by Gasteiger charge is 2.11. The molecular weight excluding hydrogens is 234 g/mol. The molecule has 1 atom stereocenters. The fourth-order valence-corrected chi connectivity index (χ4v) is 1.74. The van der Waals surface area contributed by atoms with Gasteiger partial charge in [-0.25, -0.2) is 5.84 Å². The highest BCUT2D eigenvalue weighted by molar-refractivity contribution is 7.98. The molecule has 0 aliphatic rings. The summed E-state index contributed by atoms with van der Waals surface area (Å²) in [6, 6.07) is 1.47. The molecule has 0 aromatic carbocycles. The van der Waals surface area contributed by atoms with Crippen molar-refractivity contribution in [1.29, 1.82) is 0 Å². The number of rotatable bonds is 6. The Morgan fingerprint density at radius 1 is 1.75 bits per heavy atom. The number of aliphatic hydroxyl groups is 2. The van der Waals surface area contributed by atoms with Crippen LogP contribution in [-0.4, -0.2) is 39.7 Å². The van der Waals surface area contributed by atoms with Gasteiger partial charge in [-0.3, -0.25) is 10.2 Å². The highest BCUT2D eigenvalue weighted by atomic mass is 32.2. The second-order valence-corrected chi connectivity index (χ2v) is 4.03. The zero-order valence-electron chi connectivity index (χ0n) is 8.42. The number of nitrogens with two attached hydrogens (primary N) is 1. The molecule has 1 heterocycles. The van der Waals surface area contributed by atoms with E-state index >= 15 is 0 Å². The molecule has 1 rings (SSSR count). The number of nitrogens with one attached hydrogen (secondary N) is 1. The van der Waals surface area contributed by atoms with Crippen LogP contribution in [0.4, 0.5) is 0 Å². The fraction of sp³-hybridized carbons (Fsp3) is 0.500. The van der Waals surface area contributed by atoms with Crippen LogP contribution >= 0.6 is 11.8 Å². The number of thioether (sulfide) groups is 1. The molecule has 0 aliphatic heterocycles. The average molecular weight is 247 g/mol. The maximum absolute atomic E-state index is 11.0. The zero-order chi connectivity index (χ0) is 12.0. The summed E-state index contributed by atoms with van der Waals surface area (Å²) >= 11 is 1.36. The Morgan fingerprint density at radius 3 is 3.12 bits per heavy atom. The van der Waals surface area contributed by atoms with E-state index in [0.717, 1.165) is 0 Å². The van der Waals surface area contributed by atoms with Crippen molar-refractivity contribution in [3.8, 4) is 0 Å². The quantitative estimate of drug-likeness (QED) is 0.285. The number of hydrogen-bond acceptors (Lipinski definition) is 7. The van der Waals surface area contributed by atoms with Crippen molar-refractivity contribution in [2.75, 3.05) is 12.4 Å². The van der Waals surface area contributed by atoms with Gasteiger partial charge in [0.15, 0.2) is 5.69 Å². The Balaban J connectivity index is 2.38. The molecule has 0 radical (unpaired) electrons. The number of hydrogen-bond donors (Lipinski definition) is 4. The van der Waals surface area contributed by atoms with Gasteiger partial charge >= 0.3 is 0 Å². The summed E-state index contributed by atoms with van der Waals surface area (Å²) in [5, 5.41) is 21.2.